The number of benzene rings is 1. The minimum Gasteiger partial charge on any atom is -0.349 e. The van der Waals surface area contributed by atoms with Gasteiger partial charge in [-0.3, -0.25) is 9.78 Å². The van der Waals surface area contributed by atoms with E-state index in [-0.39, 0.29) is 11.9 Å². The van der Waals surface area contributed by atoms with Crippen LogP contribution in [0, 0.1) is 0 Å². The highest BCUT2D eigenvalue weighted by Crippen LogP contribution is 2.28. The Morgan fingerprint density at radius 2 is 2.20 bits per heavy atom. The predicted molar refractivity (Wildman–Crippen MR) is 97.0 cm³/mol. The van der Waals surface area contributed by atoms with Gasteiger partial charge in [0.25, 0.3) is 0 Å². The van der Waals surface area contributed by atoms with Gasteiger partial charge in [0, 0.05) is 25.4 Å². The monoisotopic (exact) mass is 334 g/mol. The van der Waals surface area contributed by atoms with Crippen LogP contribution in [0.1, 0.15) is 42.9 Å². The fourth-order valence-electron chi connectivity index (χ4n) is 3.65. The zero-order chi connectivity index (χ0) is 17.1. The number of nitrogens with one attached hydrogen (secondary N) is 1. The van der Waals surface area contributed by atoms with Crippen LogP contribution in [0.4, 0.5) is 0 Å². The lowest BCUT2D eigenvalue weighted by molar-refractivity contribution is -0.122. The Labute approximate surface area is 147 Å². The lowest BCUT2D eigenvalue weighted by atomic mass is 9.89. The van der Waals surface area contributed by atoms with Gasteiger partial charge in [-0.1, -0.05) is 12.1 Å². The van der Waals surface area contributed by atoms with Crippen molar-refractivity contribution in [2.45, 2.75) is 44.7 Å². The summed E-state index contributed by atoms with van der Waals surface area (Å²) in [6, 6.07) is 10.3. The molecule has 0 spiro atoms. The Morgan fingerprint density at radius 1 is 1.28 bits per heavy atom. The maximum Gasteiger partial charge on any atom is 0.220 e. The van der Waals surface area contributed by atoms with Crippen molar-refractivity contribution >= 4 is 16.9 Å². The van der Waals surface area contributed by atoms with Crippen LogP contribution in [0.2, 0.25) is 0 Å². The number of amides is 1. The van der Waals surface area contributed by atoms with Crippen LogP contribution in [0.15, 0.2) is 49.1 Å². The fourth-order valence-corrected chi connectivity index (χ4v) is 3.65. The fraction of sp³-hybridized carbons (Fsp3) is 0.350. The van der Waals surface area contributed by atoms with E-state index in [1.165, 1.54) is 11.1 Å². The van der Waals surface area contributed by atoms with Crippen molar-refractivity contribution in [2.24, 2.45) is 0 Å². The Kier molecular flexibility index (Phi) is 4.46. The number of para-hydroxylation sites is 2. The number of aromatic nitrogens is 3. The van der Waals surface area contributed by atoms with Crippen LogP contribution in [-0.4, -0.2) is 20.4 Å². The van der Waals surface area contributed by atoms with Crippen molar-refractivity contribution in [3.05, 3.63) is 60.2 Å². The number of imidazole rings is 1. The van der Waals surface area contributed by atoms with Crippen LogP contribution in [0.25, 0.3) is 11.0 Å². The molecule has 1 N–H and O–H groups in total. The predicted octanol–water partition coefficient (Wildman–Crippen LogP) is 3.41. The quantitative estimate of drug-likeness (QED) is 0.778. The zero-order valence-corrected chi connectivity index (χ0v) is 14.2. The third kappa shape index (κ3) is 3.40. The number of carbonyl (C=O) groups is 1. The van der Waals surface area contributed by atoms with Gasteiger partial charge in [-0.15, -0.1) is 0 Å². The third-order valence-electron chi connectivity index (χ3n) is 4.92. The zero-order valence-electron chi connectivity index (χ0n) is 14.2. The SMILES string of the molecule is O=C(CCCn1cnc2ccccc21)NC1CCCc2cnccc21. The van der Waals surface area contributed by atoms with Crippen LogP contribution >= 0.6 is 0 Å². The Bertz CT molecular complexity index is 886. The van der Waals surface area contributed by atoms with Crippen molar-refractivity contribution in [2.75, 3.05) is 0 Å². The summed E-state index contributed by atoms with van der Waals surface area (Å²) in [7, 11) is 0. The van der Waals surface area contributed by atoms with Crippen molar-refractivity contribution in [3.8, 4) is 0 Å². The molecule has 1 amide bonds. The summed E-state index contributed by atoms with van der Waals surface area (Å²) in [6.07, 6.45) is 10.1. The van der Waals surface area contributed by atoms with Crippen LogP contribution in [0.5, 0.6) is 0 Å². The van der Waals surface area contributed by atoms with Crippen molar-refractivity contribution < 1.29 is 4.79 Å². The molecule has 5 nitrogen and oxygen atoms in total. The molecule has 25 heavy (non-hydrogen) atoms. The number of hydrogen-bond donors (Lipinski definition) is 1. The molecule has 0 saturated heterocycles. The highest BCUT2D eigenvalue weighted by molar-refractivity contribution is 5.77. The largest absolute Gasteiger partial charge is 0.349 e. The minimum absolute atomic E-state index is 0.124. The Balaban J connectivity index is 1.33. The van der Waals surface area contributed by atoms with Crippen molar-refractivity contribution in [3.63, 3.8) is 0 Å². The molecule has 3 aromatic rings. The standard InChI is InChI=1S/C20H22N4O/c25-20(23-17-7-3-5-15-13-21-11-10-16(15)17)9-4-12-24-14-22-18-6-1-2-8-19(18)24/h1-2,6,8,10-11,13-14,17H,3-5,7,9,12H2,(H,23,25). The minimum atomic E-state index is 0.124. The molecule has 5 heteroatoms. The number of fused-ring (bicyclic) bond motifs is 2. The molecule has 0 fully saturated rings. The Hall–Kier alpha value is -2.69. The summed E-state index contributed by atoms with van der Waals surface area (Å²) in [5.74, 6) is 0.124. The van der Waals surface area contributed by atoms with Gasteiger partial charge < -0.3 is 9.88 Å². The second kappa shape index (κ2) is 7.05. The van der Waals surface area contributed by atoms with E-state index in [1.807, 2.05) is 43.0 Å². The second-order valence-electron chi connectivity index (χ2n) is 6.62. The van der Waals surface area contributed by atoms with Gasteiger partial charge in [0.05, 0.1) is 23.4 Å². The molecule has 1 aromatic carbocycles. The van der Waals surface area contributed by atoms with E-state index in [0.29, 0.717) is 6.42 Å². The van der Waals surface area contributed by atoms with E-state index in [2.05, 4.69) is 25.9 Å². The Morgan fingerprint density at radius 3 is 3.16 bits per heavy atom. The third-order valence-corrected chi connectivity index (χ3v) is 4.92. The smallest absolute Gasteiger partial charge is 0.220 e. The van der Waals surface area contributed by atoms with E-state index in [4.69, 9.17) is 0 Å². The highest BCUT2D eigenvalue weighted by Gasteiger charge is 2.21. The maximum absolute atomic E-state index is 12.4. The number of pyridine rings is 1. The van der Waals surface area contributed by atoms with E-state index in [9.17, 15) is 4.79 Å². The first-order valence-electron chi connectivity index (χ1n) is 8.93. The molecule has 1 aliphatic carbocycles. The molecule has 0 aliphatic heterocycles. The average molecular weight is 334 g/mol. The molecular weight excluding hydrogens is 312 g/mol. The number of carbonyl (C=O) groups excluding carboxylic acids is 1. The van der Waals surface area contributed by atoms with E-state index >= 15 is 0 Å². The van der Waals surface area contributed by atoms with Crippen LogP contribution in [-0.2, 0) is 17.8 Å². The molecule has 128 valence electrons. The van der Waals surface area contributed by atoms with E-state index < -0.39 is 0 Å². The molecule has 2 aromatic heterocycles. The average Bonchev–Trinajstić information content (AvgIpc) is 3.05. The molecule has 1 unspecified atom stereocenters. The molecule has 1 aliphatic rings. The van der Waals surface area contributed by atoms with Gasteiger partial charge in [-0.25, -0.2) is 4.98 Å². The van der Waals surface area contributed by atoms with Gasteiger partial charge in [0.15, 0.2) is 0 Å². The maximum atomic E-state index is 12.4. The summed E-state index contributed by atoms with van der Waals surface area (Å²) in [5.41, 5.74) is 4.62. The molecule has 0 saturated carbocycles. The van der Waals surface area contributed by atoms with Crippen LogP contribution < -0.4 is 5.32 Å². The van der Waals surface area contributed by atoms with E-state index in [0.717, 1.165) is 43.3 Å². The normalized spacial score (nSPS) is 16.6. The van der Waals surface area contributed by atoms with Gasteiger partial charge in [-0.05, 0) is 55.0 Å². The van der Waals surface area contributed by atoms with Crippen LogP contribution in [0.3, 0.4) is 0 Å². The summed E-state index contributed by atoms with van der Waals surface area (Å²) >= 11 is 0. The summed E-state index contributed by atoms with van der Waals surface area (Å²) in [5, 5.41) is 3.20. The molecule has 2 heterocycles. The molecule has 0 radical (unpaired) electrons. The van der Waals surface area contributed by atoms with Crippen molar-refractivity contribution in [1.29, 1.82) is 0 Å². The number of nitrogens with zero attached hydrogens (tertiary/aromatic N) is 3. The first-order valence-corrected chi connectivity index (χ1v) is 8.93. The summed E-state index contributed by atoms with van der Waals surface area (Å²) in [4.78, 5) is 20.9. The second-order valence-corrected chi connectivity index (χ2v) is 6.62. The lowest BCUT2D eigenvalue weighted by Gasteiger charge is -2.26. The molecular formula is C20H22N4O. The molecule has 0 bridgehead atoms. The van der Waals surface area contributed by atoms with Gasteiger partial charge in [-0.2, -0.15) is 0 Å². The van der Waals surface area contributed by atoms with Gasteiger partial charge in [0.1, 0.15) is 0 Å². The topological polar surface area (TPSA) is 59.8 Å². The van der Waals surface area contributed by atoms with Crippen molar-refractivity contribution in [1.82, 2.24) is 19.9 Å². The summed E-state index contributed by atoms with van der Waals surface area (Å²) in [6.45, 7) is 0.805. The van der Waals surface area contributed by atoms with Gasteiger partial charge in [0.2, 0.25) is 5.91 Å². The van der Waals surface area contributed by atoms with Gasteiger partial charge >= 0.3 is 0 Å². The number of hydrogen-bond acceptors (Lipinski definition) is 3. The molecule has 4 rings (SSSR count). The van der Waals surface area contributed by atoms with E-state index in [1.54, 1.807) is 0 Å². The highest BCUT2D eigenvalue weighted by atomic mass is 16.1. The molecule has 1 atom stereocenters. The first-order chi connectivity index (χ1) is 12.3. The number of aryl methyl sites for hydroxylation is 2. The first kappa shape index (κ1) is 15.8. The summed E-state index contributed by atoms with van der Waals surface area (Å²) < 4.78 is 2.12. The lowest BCUT2D eigenvalue weighted by Crippen LogP contribution is -2.31. The number of rotatable bonds is 5.